The smallest absolute Gasteiger partial charge is 0.338 e. The van der Waals surface area contributed by atoms with Crippen molar-refractivity contribution in [2.24, 2.45) is 5.73 Å². The number of rotatable bonds is 7. The summed E-state index contributed by atoms with van der Waals surface area (Å²) in [6.45, 7) is 8.04. The van der Waals surface area contributed by atoms with Gasteiger partial charge in [0.05, 0.1) is 30.8 Å². The minimum atomic E-state index is -0.653. The third-order valence-electron chi connectivity index (χ3n) is 4.57. The van der Waals surface area contributed by atoms with Crippen LogP contribution in [0.5, 0.6) is 0 Å². The quantitative estimate of drug-likeness (QED) is 0.736. The van der Waals surface area contributed by atoms with Crippen molar-refractivity contribution >= 4 is 5.97 Å². The Kier molecular flexibility index (Phi) is 7.03. The molecule has 2 unspecified atom stereocenters. The van der Waals surface area contributed by atoms with Crippen molar-refractivity contribution in [2.45, 2.75) is 52.7 Å². The number of benzene rings is 1. The topological polar surface area (TPSA) is 94.6 Å². The molecule has 1 aliphatic rings. The van der Waals surface area contributed by atoms with E-state index in [0.717, 1.165) is 17.5 Å². The molecule has 144 valence electrons. The van der Waals surface area contributed by atoms with Crippen molar-refractivity contribution in [2.75, 3.05) is 6.61 Å². The van der Waals surface area contributed by atoms with Gasteiger partial charge in [0.15, 0.2) is 0 Å². The van der Waals surface area contributed by atoms with Gasteiger partial charge in [-0.1, -0.05) is 31.2 Å². The summed E-state index contributed by atoms with van der Waals surface area (Å²) in [4.78, 5) is 12.6. The Balaban J connectivity index is 2.55. The molecule has 27 heavy (non-hydrogen) atoms. The Labute approximate surface area is 160 Å². The number of carbonyl (C=O) groups is 1. The van der Waals surface area contributed by atoms with Gasteiger partial charge in [0.2, 0.25) is 5.88 Å². The first-order valence-corrected chi connectivity index (χ1v) is 9.09. The zero-order valence-corrected chi connectivity index (χ0v) is 16.2. The molecule has 1 aliphatic heterocycles. The predicted molar refractivity (Wildman–Crippen MR) is 101 cm³/mol. The second-order valence-electron chi connectivity index (χ2n) is 6.34. The van der Waals surface area contributed by atoms with Crippen molar-refractivity contribution in [3.8, 4) is 6.07 Å². The van der Waals surface area contributed by atoms with Crippen LogP contribution in [0.2, 0.25) is 0 Å². The van der Waals surface area contributed by atoms with Crippen molar-refractivity contribution < 1.29 is 19.0 Å². The van der Waals surface area contributed by atoms with Crippen LogP contribution in [-0.4, -0.2) is 18.7 Å². The molecule has 0 amide bonds. The van der Waals surface area contributed by atoms with Crippen LogP contribution in [0, 0.1) is 11.3 Å². The molecule has 2 rings (SSSR count). The zero-order chi connectivity index (χ0) is 20.0. The highest BCUT2D eigenvalue weighted by Crippen LogP contribution is 2.41. The lowest BCUT2D eigenvalue weighted by atomic mass is 9.81. The highest BCUT2D eigenvalue weighted by atomic mass is 16.5. The van der Waals surface area contributed by atoms with Gasteiger partial charge in [0, 0.05) is 0 Å². The lowest BCUT2D eigenvalue weighted by Crippen LogP contribution is -2.26. The van der Waals surface area contributed by atoms with E-state index in [2.05, 4.69) is 13.0 Å². The molecule has 0 spiro atoms. The molecule has 0 aliphatic carbocycles. The molecule has 1 aromatic rings. The standard InChI is InChI=1S/C21H26N2O4/c1-5-13(3)26-12-15-9-7-8-10-16(15)19-17(11-22)20(23)27-14(4)18(19)21(24)25-6-2/h7-10,13,19H,5-6,12,23H2,1-4H3. The molecule has 6 nitrogen and oxygen atoms in total. The summed E-state index contributed by atoms with van der Waals surface area (Å²) >= 11 is 0. The average molecular weight is 370 g/mol. The number of carbonyl (C=O) groups excluding carboxylic acids is 1. The Hall–Kier alpha value is -2.78. The maximum absolute atomic E-state index is 12.6. The van der Waals surface area contributed by atoms with Crippen LogP contribution in [0.1, 0.15) is 51.2 Å². The van der Waals surface area contributed by atoms with Crippen molar-refractivity contribution in [1.82, 2.24) is 0 Å². The molecule has 6 heteroatoms. The summed E-state index contributed by atoms with van der Waals surface area (Å²) in [6.07, 6.45) is 0.994. The number of hydrogen-bond acceptors (Lipinski definition) is 6. The van der Waals surface area contributed by atoms with E-state index in [1.54, 1.807) is 13.8 Å². The van der Waals surface area contributed by atoms with Gasteiger partial charge in [-0.15, -0.1) is 0 Å². The van der Waals surface area contributed by atoms with E-state index in [0.29, 0.717) is 17.9 Å². The lowest BCUT2D eigenvalue weighted by molar-refractivity contribution is -0.139. The fraction of sp³-hybridized carbons (Fsp3) is 0.429. The van der Waals surface area contributed by atoms with E-state index in [4.69, 9.17) is 19.9 Å². The van der Waals surface area contributed by atoms with Crippen LogP contribution >= 0.6 is 0 Å². The molecular weight excluding hydrogens is 344 g/mol. The maximum Gasteiger partial charge on any atom is 0.338 e. The highest BCUT2D eigenvalue weighted by Gasteiger charge is 2.37. The first kappa shape index (κ1) is 20.5. The molecule has 0 saturated heterocycles. The summed E-state index contributed by atoms with van der Waals surface area (Å²) in [6, 6.07) is 9.67. The third kappa shape index (κ3) is 4.50. The van der Waals surface area contributed by atoms with Crippen LogP contribution in [-0.2, 0) is 25.6 Å². The summed E-state index contributed by atoms with van der Waals surface area (Å²) in [7, 11) is 0. The highest BCUT2D eigenvalue weighted by molar-refractivity contribution is 5.92. The molecule has 0 radical (unpaired) electrons. The van der Waals surface area contributed by atoms with Crippen LogP contribution in [0.3, 0.4) is 0 Å². The molecule has 1 heterocycles. The SMILES string of the molecule is CCOC(=O)C1=C(C)OC(N)=C(C#N)C1c1ccccc1COC(C)CC. The first-order valence-electron chi connectivity index (χ1n) is 9.09. The van der Waals surface area contributed by atoms with Gasteiger partial charge in [-0.25, -0.2) is 4.79 Å². The second-order valence-corrected chi connectivity index (χ2v) is 6.34. The molecule has 1 aromatic carbocycles. The molecule has 2 N–H and O–H groups in total. The van der Waals surface area contributed by atoms with Crippen molar-refractivity contribution in [1.29, 1.82) is 5.26 Å². The summed E-state index contributed by atoms with van der Waals surface area (Å²) in [5.74, 6) is -0.823. The van der Waals surface area contributed by atoms with E-state index in [9.17, 15) is 10.1 Å². The van der Waals surface area contributed by atoms with Gasteiger partial charge in [-0.05, 0) is 38.3 Å². The summed E-state index contributed by atoms with van der Waals surface area (Å²) in [5.41, 5.74) is 8.11. The summed E-state index contributed by atoms with van der Waals surface area (Å²) in [5, 5.41) is 9.68. The van der Waals surface area contributed by atoms with Gasteiger partial charge >= 0.3 is 5.97 Å². The predicted octanol–water partition coefficient (Wildman–Crippen LogP) is 3.65. The van der Waals surface area contributed by atoms with E-state index in [-0.39, 0.29) is 24.2 Å². The largest absolute Gasteiger partial charge is 0.463 e. The van der Waals surface area contributed by atoms with E-state index in [1.165, 1.54) is 0 Å². The van der Waals surface area contributed by atoms with E-state index < -0.39 is 11.9 Å². The number of hydrogen-bond donors (Lipinski definition) is 1. The Morgan fingerprint density at radius 2 is 2.07 bits per heavy atom. The number of ether oxygens (including phenoxy) is 3. The Morgan fingerprint density at radius 3 is 2.70 bits per heavy atom. The molecule has 2 atom stereocenters. The summed E-state index contributed by atoms with van der Waals surface area (Å²) < 4.78 is 16.5. The minimum Gasteiger partial charge on any atom is -0.463 e. The van der Waals surface area contributed by atoms with Crippen LogP contribution in [0.15, 0.2) is 47.1 Å². The normalized spacial score (nSPS) is 18.0. The van der Waals surface area contributed by atoms with Crippen LogP contribution in [0.4, 0.5) is 0 Å². The molecular formula is C21H26N2O4. The number of nitrogens with zero attached hydrogens (tertiary/aromatic N) is 1. The van der Waals surface area contributed by atoms with Gasteiger partial charge in [-0.2, -0.15) is 5.26 Å². The molecule has 0 bridgehead atoms. The second kappa shape index (κ2) is 9.24. The van der Waals surface area contributed by atoms with Crippen LogP contribution < -0.4 is 5.73 Å². The van der Waals surface area contributed by atoms with Crippen molar-refractivity contribution in [3.05, 3.63) is 58.2 Å². The van der Waals surface area contributed by atoms with Crippen molar-refractivity contribution in [3.63, 3.8) is 0 Å². The van der Waals surface area contributed by atoms with Crippen LogP contribution in [0.25, 0.3) is 0 Å². The zero-order valence-electron chi connectivity index (χ0n) is 16.2. The minimum absolute atomic E-state index is 0.00527. The number of allylic oxidation sites excluding steroid dienone is 2. The fourth-order valence-electron chi connectivity index (χ4n) is 2.96. The molecule has 0 aromatic heterocycles. The van der Waals surface area contributed by atoms with E-state index >= 15 is 0 Å². The Morgan fingerprint density at radius 1 is 1.37 bits per heavy atom. The van der Waals surface area contributed by atoms with Gasteiger partial charge in [0.25, 0.3) is 0 Å². The monoisotopic (exact) mass is 370 g/mol. The third-order valence-corrected chi connectivity index (χ3v) is 4.57. The number of nitrogens with two attached hydrogens (primary N) is 1. The first-order chi connectivity index (χ1) is 12.9. The number of nitriles is 1. The Bertz CT molecular complexity index is 805. The maximum atomic E-state index is 12.6. The average Bonchev–Trinajstić information content (AvgIpc) is 2.65. The van der Waals surface area contributed by atoms with E-state index in [1.807, 2.05) is 31.2 Å². The molecule has 0 fully saturated rings. The number of esters is 1. The molecule has 0 saturated carbocycles. The fourth-order valence-corrected chi connectivity index (χ4v) is 2.96. The van der Waals surface area contributed by atoms with Gasteiger partial charge in [0.1, 0.15) is 17.4 Å². The van der Waals surface area contributed by atoms with Gasteiger partial charge < -0.3 is 19.9 Å². The van der Waals surface area contributed by atoms with Gasteiger partial charge in [-0.3, -0.25) is 0 Å². The lowest BCUT2D eigenvalue weighted by Gasteiger charge is -2.28.